The molecule has 2 nitrogen and oxygen atoms in total. The molecule has 2 aromatic carbocycles. The first kappa shape index (κ1) is 12.4. The molecule has 2 aromatic rings. The van der Waals surface area contributed by atoms with Gasteiger partial charge >= 0.3 is 0 Å². The number of Topliss-reactive ketones (excluding diaryl/α,β-unsaturated/α-hetero) is 1. The monoisotopic (exact) mass is 239 g/mol. The van der Waals surface area contributed by atoms with Crippen molar-refractivity contribution >= 4 is 11.5 Å². The van der Waals surface area contributed by atoms with Crippen molar-refractivity contribution in [2.45, 2.75) is 20.3 Å². The molecule has 0 saturated carbocycles. The molecule has 92 valence electrons. The van der Waals surface area contributed by atoms with Gasteiger partial charge in [0.25, 0.3) is 0 Å². The number of nitrogens with two attached hydrogens (primary N) is 1. The van der Waals surface area contributed by atoms with Gasteiger partial charge < -0.3 is 5.73 Å². The van der Waals surface area contributed by atoms with E-state index in [0.717, 1.165) is 16.7 Å². The molecule has 0 spiro atoms. The minimum absolute atomic E-state index is 0.114. The molecule has 0 aromatic heterocycles. The molecular formula is C16H17NO. The van der Waals surface area contributed by atoms with E-state index in [1.165, 1.54) is 5.56 Å². The number of benzene rings is 2. The van der Waals surface area contributed by atoms with E-state index in [9.17, 15) is 4.79 Å². The number of carbonyl (C=O) groups is 1. The summed E-state index contributed by atoms with van der Waals surface area (Å²) in [6.45, 7) is 3.92. The van der Waals surface area contributed by atoms with Crippen LogP contribution in [0.4, 0.5) is 5.69 Å². The van der Waals surface area contributed by atoms with Gasteiger partial charge in [0.1, 0.15) is 0 Å². The molecule has 0 heterocycles. The van der Waals surface area contributed by atoms with E-state index in [1.807, 2.05) is 56.3 Å². The number of nitrogen functional groups attached to an aromatic ring is 1. The number of rotatable bonds is 3. The van der Waals surface area contributed by atoms with Crippen molar-refractivity contribution in [1.29, 1.82) is 0 Å². The third-order valence-electron chi connectivity index (χ3n) is 3.16. The molecule has 0 amide bonds. The molecule has 2 heteroatoms. The van der Waals surface area contributed by atoms with Gasteiger partial charge in [0.05, 0.1) is 0 Å². The van der Waals surface area contributed by atoms with Crippen molar-refractivity contribution < 1.29 is 4.79 Å². The molecule has 0 radical (unpaired) electrons. The maximum Gasteiger partial charge on any atom is 0.167 e. The van der Waals surface area contributed by atoms with Gasteiger partial charge in [-0.15, -0.1) is 0 Å². The SMILES string of the molecule is Cc1ccc(CC(=O)c2cccc(N)c2C)cc1. The first-order valence-electron chi connectivity index (χ1n) is 6.02. The summed E-state index contributed by atoms with van der Waals surface area (Å²) in [7, 11) is 0. The molecular weight excluding hydrogens is 222 g/mol. The fraction of sp³-hybridized carbons (Fsp3) is 0.188. The quantitative estimate of drug-likeness (QED) is 0.659. The van der Waals surface area contributed by atoms with E-state index < -0.39 is 0 Å². The molecule has 0 fully saturated rings. The van der Waals surface area contributed by atoms with Crippen LogP contribution in [0.5, 0.6) is 0 Å². The van der Waals surface area contributed by atoms with Gasteiger partial charge in [-0.05, 0) is 31.0 Å². The maximum atomic E-state index is 12.2. The van der Waals surface area contributed by atoms with Crippen LogP contribution in [0.1, 0.15) is 27.0 Å². The van der Waals surface area contributed by atoms with Crippen molar-refractivity contribution in [2.75, 3.05) is 5.73 Å². The lowest BCUT2D eigenvalue weighted by atomic mass is 9.98. The van der Waals surface area contributed by atoms with Gasteiger partial charge in [0.2, 0.25) is 0 Å². The number of hydrogen-bond donors (Lipinski definition) is 1. The highest BCUT2D eigenvalue weighted by atomic mass is 16.1. The van der Waals surface area contributed by atoms with E-state index in [0.29, 0.717) is 12.1 Å². The van der Waals surface area contributed by atoms with Gasteiger partial charge in [-0.1, -0.05) is 42.0 Å². The van der Waals surface area contributed by atoms with Gasteiger partial charge in [-0.3, -0.25) is 4.79 Å². The second-order valence-corrected chi connectivity index (χ2v) is 4.61. The lowest BCUT2D eigenvalue weighted by Crippen LogP contribution is -2.07. The zero-order valence-electron chi connectivity index (χ0n) is 10.7. The Morgan fingerprint density at radius 1 is 1.06 bits per heavy atom. The molecule has 0 bridgehead atoms. The van der Waals surface area contributed by atoms with Crippen molar-refractivity contribution in [2.24, 2.45) is 0 Å². The highest BCUT2D eigenvalue weighted by Crippen LogP contribution is 2.17. The Balaban J connectivity index is 2.22. The van der Waals surface area contributed by atoms with Crippen LogP contribution >= 0.6 is 0 Å². The summed E-state index contributed by atoms with van der Waals surface area (Å²) >= 11 is 0. The standard InChI is InChI=1S/C16H17NO/c1-11-6-8-13(9-7-11)10-16(18)14-4-3-5-15(17)12(14)2/h3-9H,10,17H2,1-2H3. The molecule has 0 aliphatic rings. The fourth-order valence-corrected chi connectivity index (χ4v) is 1.94. The summed E-state index contributed by atoms with van der Waals surface area (Å²) in [6.07, 6.45) is 0.421. The van der Waals surface area contributed by atoms with Crippen LogP contribution in [0.2, 0.25) is 0 Å². The summed E-state index contributed by atoms with van der Waals surface area (Å²) in [4.78, 5) is 12.2. The molecule has 2 N–H and O–H groups in total. The Bertz CT molecular complexity index is 570. The van der Waals surface area contributed by atoms with Crippen LogP contribution in [0.15, 0.2) is 42.5 Å². The van der Waals surface area contributed by atoms with Crippen molar-refractivity contribution in [3.8, 4) is 0 Å². The second kappa shape index (κ2) is 5.05. The van der Waals surface area contributed by atoms with Crippen molar-refractivity contribution in [1.82, 2.24) is 0 Å². The van der Waals surface area contributed by atoms with Gasteiger partial charge in [-0.25, -0.2) is 0 Å². The normalized spacial score (nSPS) is 10.3. The minimum Gasteiger partial charge on any atom is -0.398 e. The number of ketones is 1. The number of aryl methyl sites for hydroxylation is 1. The Kier molecular flexibility index (Phi) is 3.47. The third-order valence-corrected chi connectivity index (χ3v) is 3.16. The zero-order chi connectivity index (χ0) is 13.1. The predicted molar refractivity (Wildman–Crippen MR) is 74.8 cm³/mol. The average molecular weight is 239 g/mol. The largest absolute Gasteiger partial charge is 0.398 e. The van der Waals surface area contributed by atoms with Crippen LogP contribution in [0.3, 0.4) is 0 Å². The lowest BCUT2D eigenvalue weighted by Gasteiger charge is -2.07. The number of hydrogen-bond acceptors (Lipinski definition) is 2. The molecule has 0 aliphatic carbocycles. The number of carbonyl (C=O) groups excluding carboxylic acids is 1. The number of anilines is 1. The van der Waals surface area contributed by atoms with Crippen molar-refractivity contribution in [3.05, 3.63) is 64.7 Å². The summed E-state index contributed by atoms with van der Waals surface area (Å²) in [5.74, 6) is 0.114. The average Bonchev–Trinajstić information content (AvgIpc) is 2.35. The summed E-state index contributed by atoms with van der Waals surface area (Å²) < 4.78 is 0. The van der Waals surface area contributed by atoms with E-state index in [4.69, 9.17) is 5.73 Å². The van der Waals surface area contributed by atoms with Gasteiger partial charge in [0, 0.05) is 17.7 Å². The summed E-state index contributed by atoms with van der Waals surface area (Å²) in [6, 6.07) is 13.5. The Labute approximate surface area is 107 Å². The first-order chi connectivity index (χ1) is 8.58. The molecule has 0 unspecified atom stereocenters. The first-order valence-corrected chi connectivity index (χ1v) is 6.02. The smallest absolute Gasteiger partial charge is 0.167 e. The third kappa shape index (κ3) is 2.59. The van der Waals surface area contributed by atoms with E-state index in [1.54, 1.807) is 0 Å². The minimum atomic E-state index is 0.114. The molecule has 18 heavy (non-hydrogen) atoms. The fourth-order valence-electron chi connectivity index (χ4n) is 1.94. The van der Waals surface area contributed by atoms with E-state index >= 15 is 0 Å². The predicted octanol–water partition coefficient (Wildman–Crippen LogP) is 3.31. The van der Waals surface area contributed by atoms with Crippen LogP contribution < -0.4 is 5.73 Å². The highest BCUT2D eigenvalue weighted by Gasteiger charge is 2.11. The maximum absolute atomic E-state index is 12.2. The summed E-state index contributed by atoms with van der Waals surface area (Å²) in [5, 5.41) is 0. The van der Waals surface area contributed by atoms with Crippen molar-refractivity contribution in [3.63, 3.8) is 0 Å². The Morgan fingerprint density at radius 3 is 2.39 bits per heavy atom. The topological polar surface area (TPSA) is 43.1 Å². The zero-order valence-corrected chi connectivity index (χ0v) is 10.7. The van der Waals surface area contributed by atoms with E-state index in [-0.39, 0.29) is 5.78 Å². The van der Waals surface area contributed by atoms with Crippen LogP contribution in [0.25, 0.3) is 0 Å². The molecule has 0 aliphatic heterocycles. The Morgan fingerprint density at radius 2 is 1.72 bits per heavy atom. The second-order valence-electron chi connectivity index (χ2n) is 4.61. The summed E-state index contributed by atoms with van der Waals surface area (Å²) in [5.41, 5.74) is 10.3. The molecule has 0 atom stereocenters. The Hall–Kier alpha value is -2.09. The highest BCUT2D eigenvalue weighted by molar-refractivity contribution is 5.99. The molecule has 2 rings (SSSR count). The van der Waals surface area contributed by atoms with Gasteiger partial charge in [0.15, 0.2) is 5.78 Å². The van der Waals surface area contributed by atoms with E-state index in [2.05, 4.69) is 0 Å². The lowest BCUT2D eigenvalue weighted by molar-refractivity contribution is 0.0992. The molecule has 0 saturated heterocycles. The van der Waals surface area contributed by atoms with Crippen LogP contribution in [-0.2, 0) is 6.42 Å². The van der Waals surface area contributed by atoms with Crippen LogP contribution in [-0.4, -0.2) is 5.78 Å². The van der Waals surface area contributed by atoms with Crippen LogP contribution in [0, 0.1) is 13.8 Å². The van der Waals surface area contributed by atoms with Gasteiger partial charge in [-0.2, -0.15) is 0 Å².